The topological polar surface area (TPSA) is 6.48 Å². The molecule has 0 amide bonds. The molecule has 2 nitrogen and oxygen atoms in total. The van der Waals surface area contributed by atoms with E-state index in [1.54, 1.807) is 0 Å². The highest BCUT2D eigenvalue weighted by Crippen LogP contribution is 2.49. The van der Waals surface area contributed by atoms with E-state index in [2.05, 4.69) is 204 Å². The van der Waals surface area contributed by atoms with Gasteiger partial charge in [0.05, 0.1) is 16.1 Å². The predicted molar refractivity (Wildman–Crippen MR) is 221 cm³/mol. The van der Waals surface area contributed by atoms with Gasteiger partial charge >= 0.3 is 0 Å². The number of hydrogen-bond acceptors (Lipinski definition) is 3. The summed E-state index contributed by atoms with van der Waals surface area (Å²) in [6, 6.07) is 70.4. The van der Waals surface area contributed by atoms with Crippen LogP contribution >= 0.6 is 11.3 Å². The third kappa shape index (κ3) is 5.01. The lowest BCUT2D eigenvalue weighted by molar-refractivity contribution is 1.29. The number of rotatable bonds is 6. The predicted octanol–water partition coefficient (Wildman–Crippen LogP) is 14.5. The molecule has 0 atom stereocenters. The Balaban J connectivity index is 1.24. The molecule has 0 aliphatic heterocycles. The van der Waals surface area contributed by atoms with E-state index in [4.69, 9.17) is 0 Å². The van der Waals surface area contributed by atoms with Gasteiger partial charge in [0.1, 0.15) is 0 Å². The first-order chi connectivity index (χ1) is 25.3. The first-order valence-corrected chi connectivity index (χ1v) is 18.2. The van der Waals surface area contributed by atoms with Crippen LogP contribution in [0.1, 0.15) is 0 Å². The molecule has 10 aromatic rings. The number of benzene rings is 9. The Morgan fingerprint density at radius 1 is 0.314 bits per heavy atom. The van der Waals surface area contributed by atoms with E-state index in [1.807, 2.05) is 11.3 Å². The molecule has 0 N–H and O–H groups in total. The van der Waals surface area contributed by atoms with E-state index in [0.29, 0.717) is 0 Å². The van der Waals surface area contributed by atoms with Gasteiger partial charge in [-0.15, -0.1) is 11.3 Å². The zero-order chi connectivity index (χ0) is 33.7. The van der Waals surface area contributed by atoms with Crippen molar-refractivity contribution in [3.63, 3.8) is 0 Å². The molecule has 0 unspecified atom stereocenters. The maximum atomic E-state index is 2.47. The van der Waals surface area contributed by atoms with Gasteiger partial charge < -0.3 is 9.80 Å². The standard InChI is InChI=1S/C48H32N2S/c1-3-18-37(19-4-1)49(39-28-26-33-14-7-8-15-35(33)30-39)40-29-27-34-17-13-24-44(43(34)32-40)50(38-20-5-2-6-21-38)45-31-36-16-9-10-22-41(36)47-42-23-11-12-25-46(42)51-48(45)47/h1-32H. The van der Waals surface area contributed by atoms with Crippen molar-refractivity contribution in [2.24, 2.45) is 0 Å². The van der Waals surface area contributed by atoms with Gasteiger partial charge in [-0.3, -0.25) is 0 Å². The first-order valence-electron chi connectivity index (χ1n) is 17.4. The molecule has 240 valence electrons. The highest BCUT2D eigenvalue weighted by molar-refractivity contribution is 7.26. The zero-order valence-corrected chi connectivity index (χ0v) is 28.6. The van der Waals surface area contributed by atoms with Gasteiger partial charge in [0.15, 0.2) is 0 Å². The van der Waals surface area contributed by atoms with Crippen LogP contribution in [0, 0.1) is 0 Å². The van der Waals surface area contributed by atoms with Crippen LogP contribution in [0.5, 0.6) is 0 Å². The fraction of sp³-hybridized carbons (Fsp3) is 0. The maximum absolute atomic E-state index is 2.47. The second-order valence-electron chi connectivity index (χ2n) is 13.0. The van der Waals surface area contributed by atoms with Crippen LogP contribution in [0.4, 0.5) is 34.1 Å². The molecule has 3 heteroatoms. The van der Waals surface area contributed by atoms with Crippen LogP contribution in [0.15, 0.2) is 194 Å². The molecule has 1 heterocycles. The SMILES string of the molecule is c1ccc(N(c2ccc3ccccc3c2)c2ccc3cccc(N(c4ccccc4)c4cc5ccccc5c5c4sc4ccccc45)c3c2)cc1. The third-order valence-electron chi connectivity index (χ3n) is 9.95. The number of fused-ring (bicyclic) bond motifs is 7. The molecule has 0 radical (unpaired) electrons. The fourth-order valence-corrected chi connectivity index (χ4v) is 8.85. The summed E-state index contributed by atoms with van der Waals surface area (Å²) in [6.07, 6.45) is 0. The third-order valence-corrected chi connectivity index (χ3v) is 11.1. The number of anilines is 6. The van der Waals surface area contributed by atoms with E-state index >= 15 is 0 Å². The normalized spacial score (nSPS) is 11.5. The van der Waals surface area contributed by atoms with Gasteiger partial charge in [-0.25, -0.2) is 0 Å². The maximum Gasteiger partial charge on any atom is 0.0647 e. The summed E-state index contributed by atoms with van der Waals surface area (Å²) in [7, 11) is 0. The Morgan fingerprint density at radius 3 is 1.69 bits per heavy atom. The van der Waals surface area contributed by atoms with Crippen molar-refractivity contribution in [1.29, 1.82) is 0 Å². The van der Waals surface area contributed by atoms with Crippen molar-refractivity contribution < 1.29 is 0 Å². The second-order valence-corrected chi connectivity index (χ2v) is 14.0. The highest BCUT2D eigenvalue weighted by atomic mass is 32.1. The lowest BCUT2D eigenvalue weighted by Crippen LogP contribution is -2.12. The van der Waals surface area contributed by atoms with Gasteiger partial charge in [-0.05, 0) is 93.7 Å². The van der Waals surface area contributed by atoms with Crippen molar-refractivity contribution >= 4 is 98.0 Å². The van der Waals surface area contributed by atoms with Crippen LogP contribution in [0.3, 0.4) is 0 Å². The molecule has 0 spiro atoms. The van der Waals surface area contributed by atoms with Crippen molar-refractivity contribution in [2.45, 2.75) is 0 Å². The average molecular weight is 669 g/mol. The second kappa shape index (κ2) is 12.2. The van der Waals surface area contributed by atoms with Crippen molar-refractivity contribution in [3.05, 3.63) is 194 Å². The Bertz CT molecular complexity index is 2880. The monoisotopic (exact) mass is 668 g/mol. The Labute approximate surface area is 300 Å². The van der Waals surface area contributed by atoms with Crippen LogP contribution in [0.2, 0.25) is 0 Å². The quantitative estimate of drug-likeness (QED) is 0.174. The Kier molecular flexibility index (Phi) is 7.04. The molecule has 0 saturated heterocycles. The fourth-order valence-electron chi connectivity index (χ4n) is 7.63. The number of nitrogens with zero attached hydrogens (tertiary/aromatic N) is 2. The Hall–Kier alpha value is -6.42. The summed E-state index contributed by atoms with van der Waals surface area (Å²) < 4.78 is 2.58. The van der Waals surface area contributed by atoms with Gasteiger partial charge in [0.2, 0.25) is 0 Å². The van der Waals surface area contributed by atoms with Gasteiger partial charge in [-0.1, -0.05) is 127 Å². The molecule has 51 heavy (non-hydrogen) atoms. The molecule has 0 aliphatic rings. The highest BCUT2D eigenvalue weighted by Gasteiger charge is 2.22. The molecule has 10 rings (SSSR count). The van der Waals surface area contributed by atoms with Crippen LogP contribution in [-0.2, 0) is 0 Å². The largest absolute Gasteiger partial charge is 0.310 e. The first kappa shape index (κ1) is 29.5. The van der Waals surface area contributed by atoms with E-state index in [9.17, 15) is 0 Å². The molecule has 0 fully saturated rings. The molecule has 1 aromatic heterocycles. The van der Waals surface area contributed by atoms with E-state index in [0.717, 1.165) is 28.4 Å². The van der Waals surface area contributed by atoms with E-state index in [-0.39, 0.29) is 0 Å². The lowest BCUT2D eigenvalue weighted by Gasteiger charge is -2.29. The molecular formula is C48H32N2S. The van der Waals surface area contributed by atoms with Gasteiger partial charge in [0.25, 0.3) is 0 Å². The van der Waals surface area contributed by atoms with Gasteiger partial charge in [-0.2, -0.15) is 0 Å². The number of para-hydroxylation sites is 2. The van der Waals surface area contributed by atoms with Crippen LogP contribution < -0.4 is 9.80 Å². The minimum Gasteiger partial charge on any atom is -0.310 e. The lowest BCUT2D eigenvalue weighted by atomic mass is 10.0. The van der Waals surface area contributed by atoms with Crippen LogP contribution in [-0.4, -0.2) is 0 Å². The summed E-state index contributed by atoms with van der Waals surface area (Å²) in [5.41, 5.74) is 6.79. The van der Waals surface area contributed by atoms with Crippen molar-refractivity contribution in [3.8, 4) is 0 Å². The zero-order valence-electron chi connectivity index (χ0n) is 27.8. The molecule has 0 saturated carbocycles. The molecule has 9 aromatic carbocycles. The number of hydrogen-bond donors (Lipinski definition) is 0. The molecule has 0 bridgehead atoms. The summed E-state index contributed by atoms with van der Waals surface area (Å²) in [5.74, 6) is 0. The van der Waals surface area contributed by atoms with Crippen molar-refractivity contribution in [1.82, 2.24) is 0 Å². The summed E-state index contributed by atoms with van der Waals surface area (Å²) in [4.78, 5) is 4.84. The minimum atomic E-state index is 1.11. The minimum absolute atomic E-state index is 1.11. The smallest absolute Gasteiger partial charge is 0.0647 e. The number of thiophene rings is 1. The van der Waals surface area contributed by atoms with Gasteiger partial charge in [0, 0.05) is 43.6 Å². The van der Waals surface area contributed by atoms with Crippen LogP contribution in [0.25, 0.3) is 52.5 Å². The van der Waals surface area contributed by atoms with Crippen molar-refractivity contribution in [2.75, 3.05) is 9.80 Å². The summed E-state index contributed by atoms with van der Waals surface area (Å²) >= 11 is 1.88. The summed E-state index contributed by atoms with van der Waals surface area (Å²) in [5, 5.41) is 9.97. The molecule has 0 aliphatic carbocycles. The average Bonchev–Trinajstić information content (AvgIpc) is 3.59. The van der Waals surface area contributed by atoms with E-state index < -0.39 is 0 Å². The molecular weight excluding hydrogens is 637 g/mol. The van der Waals surface area contributed by atoms with E-state index in [1.165, 1.54) is 58.2 Å². The Morgan fingerprint density at radius 2 is 0.902 bits per heavy atom. The summed E-state index contributed by atoms with van der Waals surface area (Å²) in [6.45, 7) is 0.